The van der Waals surface area contributed by atoms with E-state index in [0.29, 0.717) is 12.0 Å². The summed E-state index contributed by atoms with van der Waals surface area (Å²) in [5.41, 5.74) is 4.68. The molecule has 1 N–H and O–H groups in total. The Morgan fingerprint density at radius 3 is 2.27 bits per heavy atom. The van der Waals surface area contributed by atoms with Crippen molar-refractivity contribution < 1.29 is 4.39 Å². The first-order chi connectivity index (χ1) is 18.2. The van der Waals surface area contributed by atoms with Gasteiger partial charge in [0.15, 0.2) is 0 Å². The fourth-order valence-electron chi connectivity index (χ4n) is 6.16. The Balaban J connectivity index is 1.15. The summed E-state index contributed by atoms with van der Waals surface area (Å²) in [5.74, 6) is 1.04. The molecule has 1 aliphatic heterocycles. The number of benzene rings is 2. The predicted molar refractivity (Wildman–Crippen MR) is 155 cm³/mol. The Labute approximate surface area is 226 Å². The van der Waals surface area contributed by atoms with Crippen LogP contribution >= 0.6 is 12.2 Å². The minimum Gasteiger partial charge on any atom is -0.383 e. The van der Waals surface area contributed by atoms with Crippen LogP contribution in [0.1, 0.15) is 56.9 Å². The van der Waals surface area contributed by atoms with Crippen LogP contribution in [0.5, 0.6) is 0 Å². The Morgan fingerprint density at radius 2 is 1.57 bits per heavy atom. The van der Waals surface area contributed by atoms with E-state index < -0.39 is 0 Å². The van der Waals surface area contributed by atoms with Gasteiger partial charge in [-0.1, -0.05) is 67.9 Å². The molecule has 5 rings (SSSR count). The molecule has 0 bridgehead atoms. The molecule has 194 valence electrons. The van der Waals surface area contributed by atoms with E-state index in [1.807, 2.05) is 24.5 Å². The lowest BCUT2D eigenvalue weighted by Gasteiger charge is -2.38. The minimum atomic E-state index is -0.196. The van der Waals surface area contributed by atoms with Crippen molar-refractivity contribution in [2.24, 2.45) is 11.8 Å². The Kier molecular flexibility index (Phi) is 8.83. The van der Waals surface area contributed by atoms with Gasteiger partial charge in [-0.2, -0.15) is 0 Å². The maximum atomic E-state index is 13.2. The molecule has 1 saturated heterocycles. The van der Waals surface area contributed by atoms with Crippen molar-refractivity contribution in [2.45, 2.75) is 63.8 Å². The van der Waals surface area contributed by atoms with Gasteiger partial charge < -0.3 is 10.2 Å². The molecule has 3 aromatic rings. The van der Waals surface area contributed by atoms with Crippen molar-refractivity contribution in [3.8, 4) is 11.1 Å². The van der Waals surface area contributed by atoms with Crippen LogP contribution in [0.3, 0.4) is 0 Å². The van der Waals surface area contributed by atoms with Gasteiger partial charge >= 0.3 is 0 Å². The summed E-state index contributed by atoms with van der Waals surface area (Å²) in [6.45, 7) is 2.04. The summed E-state index contributed by atoms with van der Waals surface area (Å²) in [4.78, 5) is 7.93. The smallest absolute Gasteiger partial charge is 0.123 e. The number of hydrogen-bond donors (Lipinski definition) is 1. The summed E-state index contributed by atoms with van der Waals surface area (Å²) in [6.07, 6.45) is 15.0. The maximum absolute atomic E-state index is 13.2. The van der Waals surface area contributed by atoms with Gasteiger partial charge in [0.1, 0.15) is 5.82 Å². The van der Waals surface area contributed by atoms with Crippen LogP contribution in [-0.2, 0) is 6.42 Å². The number of aromatic nitrogens is 1. The van der Waals surface area contributed by atoms with E-state index in [9.17, 15) is 4.39 Å². The van der Waals surface area contributed by atoms with E-state index in [0.717, 1.165) is 55.1 Å². The zero-order chi connectivity index (χ0) is 25.5. The Hall–Kier alpha value is -2.79. The summed E-state index contributed by atoms with van der Waals surface area (Å²) in [7, 11) is 0. The quantitative estimate of drug-likeness (QED) is 0.278. The van der Waals surface area contributed by atoms with E-state index in [1.54, 1.807) is 0 Å². The fraction of sp³-hybridized carbons (Fsp3) is 0.438. The number of anilines is 1. The van der Waals surface area contributed by atoms with Crippen LogP contribution in [0.2, 0.25) is 0 Å². The molecule has 0 amide bonds. The van der Waals surface area contributed by atoms with Crippen molar-refractivity contribution in [3.05, 3.63) is 84.4 Å². The summed E-state index contributed by atoms with van der Waals surface area (Å²) >= 11 is 6.11. The summed E-state index contributed by atoms with van der Waals surface area (Å²) in [6, 6.07) is 20.0. The first kappa shape index (κ1) is 25.8. The second kappa shape index (κ2) is 12.6. The second-order valence-electron chi connectivity index (χ2n) is 10.7. The Morgan fingerprint density at radius 1 is 0.892 bits per heavy atom. The highest BCUT2D eigenvalue weighted by Crippen LogP contribution is 2.34. The molecule has 1 aliphatic carbocycles. The van der Waals surface area contributed by atoms with E-state index in [-0.39, 0.29) is 5.82 Å². The van der Waals surface area contributed by atoms with E-state index in [1.165, 1.54) is 61.2 Å². The molecule has 0 radical (unpaired) electrons. The lowest BCUT2D eigenvalue weighted by atomic mass is 9.83. The lowest BCUT2D eigenvalue weighted by molar-refractivity contribution is 0.203. The van der Waals surface area contributed by atoms with Gasteiger partial charge in [0.2, 0.25) is 0 Å². The summed E-state index contributed by atoms with van der Waals surface area (Å²) in [5, 5.41) is 3.68. The van der Waals surface area contributed by atoms with Crippen molar-refractivity contribution >= 4 is 22.9 Å². The first-order valence-electron chi connectivity index (χ1n) is 14.0. The molecule has 3 nitrogen and oxygen atoms in total. The summed E-state index contributed by atoms with van der Waals surface area (Å²) < 4.78 is 13.2. The molecule has 0 spiro atoms. The molecule has 2 aliphatic rings. The number of nitrogens with one attached hydrogen (secondary N) is 1. The SMILES string of the molecule is Fc1ccc(-c2ccc(CCCC3CCN(C(CNc4ccncc4)C4CCCCC4)C3=S)cc2)cc1. The van der Waals surface area contributed by atoms with Crippen LogP contribution in [0.15, 0.2) is 73.1 Å². The second-order valence-corrected chi connectivity index (χ2v) is 11.1. The van der Waals surface area contributed by atoms with Gasteiger partial charge in [-0.3, -0.25) is 4.98 Å². The molecule has 1 saturated carbocycles. The number of hydrogen-bond acceptors (Lipinski definition) is 3. The van der Waals surface area contributed by atoms with Crippen LogP contribution < -0.4 is 5.32 Å². The van der Waals surface area contributed by atoms with Gasteiger partial charge in [0.25, 0.3) is 0 Å². The molecule has 1 aromatic heterocycles. The van der Waals surface area contributed by atoms with Crippen LogP contribution in [0.4, 0.5) is 10.1 Å². The van der Waals surface area contributed by atoms with Gasteiger partial charge in [0, 0.05) is 43.1 Å². The van der Waals surface area contributed by atoms with Crippen molar-refractivity contribution in [1.82, 2.24) is 9.88 Å². The topological polar surface area (TPSA) is 28.2 Å². The minimum absolute atomic E-state index is 0.196. The molecule has 2 atom stereocenters. The zero-order valence-corrected chi connectivity index (χ0v) is 22.4. The molecule has 2 fully saturated rings. The Bertz CT molecular complexity index is 1130. The lowest BCUT2D eigenvalue weighted by Crippen LogP contribution is -2.46. The number of rotatable bonds is 10. The molecular weight excluding hydrogens is 477 g/mol. The predicted octanol–water partition coefficient (Wildman–Crippen LogP) is 7.92. The molecule has 37 heavy (non-hydrogen) atoms. The number of thiocarbonyl (C=S) groups is 1. The normalized spacial score (nSPS) is 19.2. The van der Waals surface area contributed by atoms with Crippen molar-refractivity contribution in [3.63, 3.8) is 0 Å². The molecular formula is C32H38FN3S. The van der Waals surface area contributed by atoms with E-state index >= 15 is 0 Å². The average Bonchev–Trinajstić information content (AvgIpc) is 3.30. The van der Waals surface area contributed by atoms with Gasteiger partial charge in [-0.25, -0.2) is 4.39 Å². The molecule has 5 heteroatoms. The highest BCUT2D eigenvalue weighted by atomic mass is 32.1. The van der Waals surface area contributed by atoms with Gasteiger partial charge in [0.05, 0.1) is 4.99 Å². The highest BCUT2D eigenvalue weighted by molar-refractivity contribution is 7.80. The van der Waals surface area contributed by atoms with Crippen molar-refractivity contribution in [1.29, 1.82) is 0 Å². The van der Waals surface area contributed by atoms with Crippen LogP contribution in [-0.4, -0.2) is 34.0 Å². The standard InChI is InChI=1S/C32H38FN3S/c33-29-15-13-26(14-16-29)25-11-9-24(10-12-25)5-4-8-28-19-22-36(32(28)37)31(27-6-2-1-3-7-27)23-35-30-17-20-34-21-18-30/h9-18,20-21,27-28,31H,1-8,19,22-23H2,(H,34,35). The number of halogens is 1. The fourth-order valence-corrected chi connectivity index (χ4v) is 6.62. The highest BCUT2D eigenvalue weighted by Gasteiger charge is 2.36. The maximum Gasteiger partial charge on any atom is 0.123 e. The largest absolute Gasteiger partial charge is 0.383 e. The van der Waals surface area contributed by atoms with E-state index in [4.69, 9.17) is 12.2 Å². The first-order valence-corrected chi connectivity index (χ1v) is 14.4. The molecule has 2 aromatic carbocycles. The van der Waals surface area contributed by atoms with E-state index in [2.05, 4.69) is 51.6 Å². The zero-order valence-electron chi connectivity index (χ0n) is 21.6. The van der Waals surface area contributed by atoms with Crippen LogP contribution in [0.25, 0.3) is 11.1 Å². The third-order valence-electron chi connectivity index (χ3n) is 8.29. The average molecular weight is 516 g/mol. The number of nitrogens with zero attached hydrogens (tertiary/aromatic N) is 2. The van der Waals surface area contributed by atoms with Crippen molar-refractivity contribution in [2.75, 3.05) is 18.4 Å². The van der Waals surface area contributed by atoms with Crippen LogP contribution in [0, 0.1) is 17.7 Å². The number of pyridine rings is 1. The molecule has 2 heterocycles. The van der Waals surface area contributed by atoms with Gasteiger partial charge in [-0.05, 0) is 85.4 Å². The number of aryl methyl sites for hydroxylation is 1. The third kappa shape index (κ3) is 6.75. The number of likely N-dealkylation sites (tertiary alicyclic amines) is 1. The molecule has 2 unspecified atom stereocenters. The third-order valence-corrected chi connectivity index (χ3v) is 8.86. The van der Waals surface area contributed by atoms with Gasteiger partial charge in [-0.15, -0.1) is 0 Å². The monoisotopic (exact) mass is 515 g/mol.